The first-order valence-corrected chi connectivity index (χ1v) is 10.2. The number of aryl methyl sites for hydroxylation is 2. The summed E-state index contributed by atoms with van der Waals surface area (Å²) in [5.74, 6) is -0.0445. The number of esters is 1. The van der Waals surface area contributed by atoms with E-state index in [-0.39, 0.29) is 23.5 Å². The molecule has 1 aromatic heterocycles. The van der Waals surface area contributed by atoms with E-state index in [2.05, 4.69) is 10.5 Å². The second-order valence-corrected chi connectivity index (χ2v) is 7.30. The number of nitro benzene ring substituents is 1. The predicted octanol–water partition coefficient (Wildman–Crippen LogP) is 3.97. The monoisotopic (exact) mass is 469 g/mol. The molecule has 0 spiro atoms. The van der Waals surface area contributed by atoms with Crippen molar-refractivity contribution < 1.29 is 33.2 Å². The van der Waals surface area contributed by atoms with Crippen molar-refractivity contribution in [1.82, 2.24) is 5.16 Å². The number of carbonyl (C=O) groups excluding carboxylic acids is 2. The van der Waals surface area contributed by atoms with Crippen molar-refractivity contribution in [1.29, 1.82) is 0 Å². The number of hydrogen-bond acceptors (Lipinski definition) is 9. The molecule has 1 amide bonds. The number of carbonyl (C=O) groups is 2. The van der Waals surface area contributed by atoms with Gasteiger partial charge in [-0.15, -0.1) is 0 Å². The molecule has 0 aliphatic heterocycles. The van der Waals surface area contributed by atoms with Crippen LogP contribution in [-0.4, -0.2) is 35.2 Å². The highest BCUT2D eigenvalue weighted by atomic mass is 16.6. The number of hydrogen-bond donors (Lipinski definition) is 1. The molecule has 3 aromatic rings. The molecule has 3 rings (SSSR count). The fourth-order valence-corrected chi connectivity index (χ4v) is 2.99. The normalized spacial score (nSPS) is 11.4. The van der Waals surface area contributed by atoms with Gasteiger partial charge in [0.05, 0.1) is 28.9 Å². The molecule has 178 valence electrons. The van der Waals surface area contributed by atoms with Crippen molar-refractivity contribution in [3.8, 4) is 11.5 Å². The number of amides is 1. The van der Waals surface area contributed by atoms with Gasteiger partial charge in [-0.25, -0.2) is 4.79 Å². The Morgan fingerprint density at radius 2 is 1.94 bits per heavy atom. The van der Waals surface area contributed by atoms with Crippen LogP contribution in [0.1, 0.15) is 34.3 Å². The lowest BCUT2D eigenvalue weighted by Gasteiger charge is -2.15. The van der Waals surface area contributed by atoms with E-state index in [0.717, 1.165) is 5.56 Å². The molecule has 0 fully saturated rings. The number of rotatable bonds is 9. The number of aromatic nitrogens is 1. The van der Waals surface area contributed by atoms with Gasteiger partial charge in [0.2, 0.25) is 0 Å². The third-order valence-electron chi connectivity index (χ3n) is 4.93. The molecule has 1 unspecified atom stereocenters. The van der Waals surface area contributed by atoms with E-state index in [9.17, 15) is 19.7 Å². The Labute approximate surface area is 194 Å². The van der Waals surface area contributed by atoms with Crippen molar-refractivity contribution in [2.75, 3.05) is 12.4 Å². The average Bonchev–Trinajstić information content (AvgIpc) is 3.14. The maximum atomic E-state index is 12.6. The smallest absolute Gasteiger partial charge is 0.339 e. The number of benzene rings is 2. The van der Waals surface area contributed by atoms with Crippen LogP contribution in [-0.2, 0) is 16.1 Å². The van der Waals surface area contributed by atoms with Gasteiger partial charge in [-0.1, -0.05) is 11.2 Å². The number of anilines is 1. The topological polar surface area (TPSA) is 143 Å². The molecule has 0 aliphatic carbocycles. The fraction of sp³-hybridized carbons (Fsp3) is 0.261. The molecule has 0 saturated carbocycles. The molecule has 34 heavy (non-hydrogen) atoms. The summed E-state index contributed by atoms with van der Waals surface area (Å²) in [5.41, 5.74) is 1.72. The quantitative estimate of drug-likeness (QED) is 0.280. The number of ether oxygens (including phenoxy) is 3. The number of nitro groups is 1. The Morgan fingerprint density at radius 3 is 2.59 bits per heavy atom. The highest BCUT2D eigenvalue weighted by molar-refractivity contribution is 5.97. The van der Waals surface area contributed by atoms with Gasteiger partial charge >= 0.3 is 5.97 Å². The Kier molecular flexibility index (Phi) is 7.46. The summed E-state index contributed by atoms with van der Waals surface area (Å²) < 4.78 is 21.5. The summed E-state index contributed by atoms with van der Waals surface area (Å²) in [6, 6.07) is 9.92. The Bertz CT molecular complexity index is 1200. The zero-order valence-corrected chi connectivity index (χ0v) is 19.0. The number of methoxy groups -OCH3 is 1. The van der Waals surface area contributed by atoms with Crippen LogP contribution in [0, 0.1) is 24.0 Å². The molecule has 0 bridgehead atoms. The molecule has 2 aromatic carbocycles. The molecule has 1 heterocycles. The molecule has 0 radical (unpaired) electrons. The van der Waals surface area contributed by atoms with Gasteiger partial charge < -0.3 is 24.1 Å². The van der Waals surface area contributed by atoms with Gasteiger partial charge in [0.1, 0.15) is 12.4 Å². The van der Waals surface area contributed by atoms with E-state index in [4.69, 9.17) is 18.7 Å². The lowest BCUT2D eigenvalue weighted by Crippen LogP contribution is -2.30. The van der Waals surface area contributed by atoms with Crippen LogP contribution >= 0.6 is 0 Å². The zero-order valence-electron chi connectivity index (χ0n) is 19.0. The highest BCUT2D eigenvalue weighted by Gasteiger charge is 2.21. The SMILES string of the molecule is COc1cc(C(=O)OC(C)C(=O)Nc2cccc([N+](=O)[O-])c2)ccc1OCc1c(C)noc1C. The first-order valence-electron chi connectivity index (χ1n) is 10.2. The maximum absolute atomic E-state index is 12.6. The second-order valence-electron chi connectivity index (χ2n) is 7.30. The highest BCUT2D eigenvalue weighted by Crippen LogP contribution is 2.30. The van der Waals surface area contributed by atoms with Gasteiger partial charge in [0.15, 0.2) is 17.6 Å². The summed E-state index contributed by atoms with van der Waals surface area (Å²) in [4.78, 5) is 35.2. The number of nitrogens with one attached hydrogen (secondary N) is 1. The van der Waals surface area contributed by atoms with Gasteiger partial charge in [-0.2, -0.15) is 0 Å². The fourth-order valence-electron chi connectivity index (χ4n) is 2.99. The van der Waals surface area contributed by atoms with Crippen LogP contribution in [0.2, 0.25) is 0 Å². The van der Waals surface area contributed by atoms with E-state index in [1.165, 1.54) is 50.4 Å². The second kappa shape index (κ2) is 10.5. The van der Waals surface area contributed by atoms with Crippen LogP contribution in [0.25, 0.3) is 0 Å². The van der Waals surface area contributed by atoms with Gasteiger partial charge in [-0.05, 0) is 45.0 Å². The Balaban J connectivity index is 1.64. The van der Waals surface area contributed by atoms with Crippen LogP contribution in [0.5, 0.6) is 11.5 Å². The average molecular weight is 469 g/mol. The molecular formula is C23H23N3O8. The number of nitrogens with zero attached hydrogens (tertiary/aromatic N) is 2. The molecule has 11 nitrogen and oxygen atoms in total. The van der Waals surface area contributed by atoms with E-state index < -0.39 is 22.9 Å². The lowest BCUT2D eigenvalue weighted by atomic mass is 10.2. The third-order valence-corrected chi connectivity index (χ3v) is 4.93. The van der Waals surface area contributed by atoms with Crippen molar-refractivity contribution in [2.45, 2.75) is 33.5 Å². The minimum Gasteiger partial charge on any atom is -0.493 e. The van der Waals surface area contributed by atoms with Crippen molar-refractivity contribution in [3.05, 3.63) is 75.2 Å². The van der Waals surface area contributed by atoms with Crippen molar-refractivity contribution in [2.24, 2.45) is 0 Å². The van der Waals surface area contributed by atoms with Crippen LogP contribution in [0.3, 0.4) is 0 Å². The van der Waals surface area contributed by atoms with E-state index >= 15 is 0 Å². The summed E-state index contributed by atoms with van der Waals surface area (Å²) in [5, 5.41) is 17.2. The molecule has 1 N–H and O–H groups in total. The van der Waals surface area contributed by atoms with Crippen LogP contribution < -0.4 is 14.8 Å². The molecule has 1 atom stereocenters. The van der Waals surface area contributed by atoms with Crippen molar-refractivity contribution in [3.63, 3.8) is 0 Å². The zero-order chi connectivity index (χ0) is 24.8. The number of non-ortho nitro benzene ring substituents is 1. The summed E-state index contributed by atoms with van der Waals surface area (Å²) >= 11 is 0. The Hall–Kier alpha value is -4.41. The van der Waals surface area contributed by atoms with E-state index in [1.807, 2.05) is 6.92 Å². The summed E-state index contributed by atoms with van der Waals surface area (Å²) in [7, 11) is 1.43. The molecular weight excluding hydrogens is 446 g/mol. The van der Waals surface area contributed by atoms with E-state index in [0.29, 0.717) is 23.0 Å². The van der Waals surface area contributed by atoms with Crippen LogP contribution in [0.4, 0.5) is 11.4 Å². The van der Waals surface area contributed by atoms with Crippen LogP contribution in [0.15, 0.2) is 47.0 Å². The summed E-state index contributed by atoms with van der Waals surface area (Å²) in [6.07, 6.45) is -1.16. The largest absolute Gasteiger partial charge is 0.493 e. The van der Waals surface area contributed by atoms with Gasteiger partial charge in [-0.3, -0.25) is 14.9 Å². The molecule has 11 heteroatoms. The minimum atomic E-state index is -1.16. The van der Waals surface area contributed by atoms with Gasteiger partial charge in [0, 0.05) is 17.8 Å². The van der Waals surface area contributed by atoms with E-state index in [1.54, 1.807) is 13.0 Å². The Morgan fingerprint density at radius 1 is 1.18 bits per heavy atom. The van der Waals surface area contributed by atoms with Gasteiger partial charge in [0.25, 0.3) is 11.6 Å². The third kappa shape index (κ3) is 5.68. The first-order chi connectivity index (χ1) is 16.2. The lowest BCUT2D eigenvalue weighted by molar-refractivity contribution is -0.384. The molecule has 0 aliphatic rings. The standard InChI is InChI=1S/C23H23N3O8/c1-13-19(14(2)34-25-13)12-32-20-9-8-16(10-21(20)31-4)23(28)33-15(3)22(27)24-17-6-5-7-18(11-17)26(29)30/h5-11,15H,12H2,1-4H3,(H,24,27). The summed E-state index contributed by atoms with van der Waals surface area (Å²) in [6.45, 7) is 5.19. The minimum absolute atomic E-state index is 0.150. The first kappa shape index (κ1) is 24.2. The predicted molar refractivity (Wildman–Crippen MR) is 120 cm³/mol. The molecule has 0 saturated heterocycles. The van der Waals surface area contributed by atoms with Crippen molar-refractivity contribution >= 4 is 23.3 Å². The maximum Gasteiger partial charge on any atom is 0.339 e.